The molecule has 5 heteroatoms. The van der Waals surface area contributed by atoms with Gasteiger partial charge in [0.2, 0.25) is 0 Å². The molecular weight excluding hydrogens is 327 g/mol. The molecule has 0 spiro atoms. The zero-order valence-electron chi connectivity index (χ0n) is 9.31. The van der Waals surface area contributed by atoms with Gasteiger partial charge in [0.15, 0.2) is 0 Å². The fourth-order valence-corrected chi connectivity index (χ4v) is 2.14. The lowest BCUT2D eigenvalue weighted by Gasteiger charge is -2.09. The van der Waals surface area contributed by atoms with E-state index in [1.165, 1.54) is 18.4 Å². The maximum Gasteiger partial charge on any atom is 0.0721 e. The summed E-state index contributed by atoms with van der Waals surface area (Å²) in [4.78, 5) is 4.19. The molecule has 0 bridgehead atoms. The van der Waals surface area contributed by atoms with E-state index < -0.39 is 0 Å². The molecule has 2 aromatic rings. The first-order chi connectivity index (χ1) is 8.33. The molecule has 0 atom stereocenters. The van der Waals surface area contributed by atoms with Gasteiger partial charge in [-0.2, -0.15) is 5.10 Å². The van der Waals surface area contributed by atoms with Crippen LogP contribution in [-0.2, 0) is 6.54 Å². The van der Waals surface area contributed by atoms with E-state index in [2.05, 4.69) is 38.0 Å². The molecular formula is C12H13IN4. The maximum atomic E-state index is 4.34. The Bertz CT molecular complexity index is 519. The minimum atomic E-state index is 0.709. The smallest absolute Gasteiger partial charge is 0.0721 e. The van der Waals surface area contributed by atoms with E-state index in [1.807, 2.05) is 35.5 Å². The Labute approximate surface area is 114 Å². The number of aromatic nitrogens is 3. The van der Waals surface area contributed by atoms with Crippen molar-refractivity contribution in [2.24, 2.45) is 0 Å². The largest absolute Gasteiger partial charge is 0.310 e. The molecule has 0 amide bonds. The molecule has 1 aliphatic carbocycles. The van der Waals surface area contributed by atoms with Gasteiger partial charge in [0.1, 0.15) is 0 Å². The Morgan fingerprint density at radius 1 is 1.41 bits per heavy atom. The molecule has 4 nitrogen and oxygen atoms in total. The van der Waals surface area contributed by atoms with E-state index >= 15 is 0 Å². The lowest BCUT2D eigenvalue weighted by Crippen LogP contribution is -2.17. The van der Waals surface area contributed by atoms with Crippen LogP contribution in [0.3, 0.4) is 0 Å². The van der Waals surface area contributed by atoms with Crippen LogP contribution >= 0.6 is 22.6 Å². The number of pyridine rings is 1. The van der Waals surface area contributed by atoms with Crippen molar-refractivity contribution in [1.29, 1.82) is 0 Å². The third-order valence-corrected chi connectivity index (χ3v) is 3.39. The molecule has 1 fully saturated rings. The zero-order valence-corrected chi connectivity index (χ0v) is 11.5. The first kappa shape index (κ1) is 11.2. The van der Waals surface area contributed by atoms with Gasteiger partial charge in [-0.25, -0.2) is 4.68 Å². The van der Waals surface area contributed by atoms with Crippen molar-refractivity contribution in [2.45, 2.75) is 25.4 Å². The van der Waals surface area contributed by atoms with Gasteiger partial charge in [-0.3, -0.25) is 4.98 Å². The van der Waals surface area contributed by atoms with Gasteiger partial charge in [0.25, 0.3) is 0 Å². The van der Waals surface area contributed by atoms with Crippen LogP contribution in [-0.4, -0.2) is 20.8 Å². The predicted molar refractivity (Wildman–Crippen MR) is 73.9 cm³/mol. The molecule has 1 N–H and O–H groups in total. The topological polar surface area (TPSA) is 42.7 Å². The van der Waals surface area contributed by atoms with Crippen molar-refractivity contribution in [3.05, 3.63) is 40.0 Å². The summed E-state index contributed by atoms with van der Waals surface area (Å²) in [6.07, 6.45) is 10.2. The average Bonchev–Trinajstić information content (AvgIpc) is 3.08. The highest BCUT2D eigenvalue weighted by molar-refractivity contribution is 14.1. The van der Waals surface area contributed by atoms with E-state index in [0.29, 0.717) is 6.04 Å². The van der Waals surface area contributed by atoms with E-state index in [1.54, 1.807) is 0 Å². The first-order valence-corrected chi connectivity index (χ1v) is 6.77. The summed E-state index contributed by atoms with van der Waals surface area (Å²) in [5.41, 5.74) is 2.30. The molecule has 2 heterocycles. The Morgan fingerprint density at radius 3 is 3.00 bits per heavy atom. The molecule has 0 aromatic carbocycles. The van der Waals surface area contributed by atoms with Gasteiger partial charge < -0.3 is 5.32 Å². The third kappa shape index (κ3) is 2.66. The molecule has 3 rings (SSSR count). The highest BCUT2D eigenvalue weighted by Crippen LogP contribution is 2.20. The SMILES string of the molecule is Ic1cnn(-c2ccncc2CNC2CC2)c1. The monoisotopic (exact) mass is 340 g/mol. The number of rotatable bonds is 4. The Morgan fingerprint density at radius 2 is 2.29 bits per heavy atom. The van der Waals surface area contributed by atoms with Gasteiger partial charge in [-0.05, 0) is 41.5 Å². The van der Waals surface area contributed by atoms with Gasteiger partial charge in [-0.1, -0.05) is 0 Å². The summed E-state index contributed by atoms with van der Waals surface area (Å²) < 4.78 is 3.05. The number of halogens is 1. The lowest BCUT2D eigenvalue weighted by molar-refractivity contribution is 0.679. The van der Waals surface area contributed by atoms with Crippen molar-refractivity contribution < 1.29 is 0 Å². The second-order valence-electron chi connectivity index (χ2n) is 4.26. The number of hydrogen-bond donors (Lipinski definition) is 1. The van der Waals surface area contributed by atoms with E-state index in [-0.39, 0.29) is 0 Å². The van der Waals surface area contributed by atoms with Crippen LogP contribution < -0.4 is 5.32 Å². The van der Waals surface area contributed by atoms with Gasteiger partial charge >= 0.3 is 0 Å². The summed E-state index contributed by atoms with van der Waals surface area (Å²) in [6, 6.07) is 2.72. The van der Waals surface area contributed by atoms with Crippen LogP contribution in [0.1, 0.15) is 18.4 Å². The molecule has 2 aromatic heterocycles. The predicted octanol–water partition coefficient (Wildman–Crippen LogP) is 2.12. The van der Waals surface area contributed by atoms with E-state index in [9.17, 15) is 0 Å². The number of nitrogens with one attached hydrogen (secondary N) is 1. The normalized spacial score (nSPS) is 15.1. The summed E-state index contributed by atoms with van der Waals surface area (Å²) in [5.74, 6) is 0. The Kier molecular flexibility index (Phi) is 3.11. The molecule has 17 heavy (non-hydrogen) atoms. The molecule has 0 aliphatic heterocycles. The standard InChI is InChI=1S/C12H13IN4/c13-10-7-16-17(8-10)12-3-4-14-5-9(12)6-15-11-1-2-11/h3-5,7-8,11,15H,1-2,6H2. The molecule has 0 saturated heterocycles. The molecule has 1 saturated carbocycles. The van der Waals surface area contributed by atoms with Gasteiger partial charge in [0, 0.05) is 36.7 Å². The summed E-state index contributed by atoms with van der Waals surface area (Å²) >= 11 is 2.27. The van der Waals surface area contributed by atoms with Gasteiger partial charge in [-0.15, -0.1) is 0 Å². The third-order valence-electron chi connectivity index (χ3n) is 2.83. The van der Waals surface area contributed by atoms with Crippen molar-refractivity contribution in [3.63, 3.8) is 0 Å². The lowest BCUT2D eigenvalue weighted by atomic mass is 10.2. The van der Waals surface area contributed by atoms with Crippen LogP contribution in [0.4, 0.5) is 0 Å². The van der Waals surface area contributed by atoms with Crippen LogP contribution in [0, 0.1) is 3.57 Å². The fraction of sp³-hybridized carbons (Fsp3) is 0.333. The Hall–Kier alpha value is -0.950. The maximum absolute atomic E-state index is 4.34. The van der Waals surface area contributed by atoms with Crippen LogP contribution in [0.5, 0.6) is 0 Å². The zero-order chi connectivity index (χ0) is 11.7. The quantitative estimate of drug-likeness (QED) is 0.867. The molecule has 0 radical (unpaired) electrons. The molecule has 88 valence electrons. The minimum Gasteiger partial charge on any atom is -0.310 e. The summed E-state index contributed by atoms with van der Waals surface area (Å²) in [6.45, 7) is 0.865. The van der Waals surface area contributed by atoms with E-state index in [0.717, 1.165) is 15.8 Å². The van der Waals surface area contributed by atoms with Crippen molar-refractivity contribution in [3.8, 4) is 5.69 Å². The number of nitrogens with zero attached hydrogens (tertiary/aromatic N) is 3. The van der Waals surface area contributed by atoms with Crippen LogP contribution in [0.2, 0.25) is 0 Å². The molecule has 1 aliphatic rings. The first-order valence-electron chi connectivity index (χ1n) is 5.70. The summed E-state index contributed by atoms with van der Waals surface area (Å²) in [7, 11) is 0. The minimum absolute atomic E-state index is 0.709. The average molecular weight is 340 g/mol. The highest BCUT2D eigenvalue weighted by Gasteiger charge is 2.20. The highest BCUT2D eigenvalue weighted by atomic mass is 127. The van der Waals surface area contributed by atoms with Gasteiger partial charge in [0.05, 0.1) is 15.5 Å². The van der Waals surface area contributed by atoms with Crippen molar-refractivity contribution >= 4 is 22.6 Å². The second-order valence-corrected chi connectivity index (χ2v) is 5.51. The fourth-order valence-electron chi connectivity index (χ4n) is 1.75. The van der Waals surface area contributed by atoms with Crippen molar-refractivity contribution in [2.75, 3.05) is 0 Å². The molecule has 0 unspecified atom stereocenters. The summed E-state index contributed by atoms with van der Waals surface area (Å²) in [5, 5.41) is 7.85. The number of hydrogen-bond acceptors (Lipinski definition) is 3. The van der Waals surface area contributed by atoms with Crippen LogP contribution in [0.15, 0.2) is 30.9 Å². The van der Waals surface area contributed by atoms with Crippen LogP contribution in [0.25, 0.3) is 5.69 Å². The second kappa shape index (κ2) is 4.73. The van der Waals surface area contributed by atoms with Crippen molar-refractivity contribution in [1.82, 2.24) is 20.1 Å². The van der Waals surface area contributed by atoms with E-state index in [4.69, 9.17) is 0 Å². The Balaban J connectivity index is 1.86.